The van der Waals surface area contributed by atoms with Crippen molar-refractivity contribution in [1.29, 1.82) is 0 Å². The molecule has 0 aromatic carbocycles. The van der Waals surface area contributed by atoms with Gasteiger partial charge in [-0.05, 0) is 45.0 Å². The molecule has 0 spiro atoms. The lowest BCUT2D eigenvalue weighted by Crippen LogP contribution is -2.43. The lowest BCUT2D eigenvalue weighted by molar-refractivity contribution is 0.116. The van der Waals surface area contributed by atoms with Crippen LogP contribution in [0.4, 0.5) is 0 Å². The molecule has 0 saturated carbocycles. The molecule has 2 fully saturated rings. The fourth-order valence-corrected chi connectivity index (χ4v) is 3.74. The van der Waals surface area contributed by atoms with Gasteiger partial charge in [-0.25, -0.2) is 0 Å². The molecule has 2 atom stereocenters. The van der Waals surface area contributed by atoms with E-state index in [0.29, 0.717) is 0 Å². The van der Waals surface area contributed by atoms with E-state index in [0.717, 1.165) is 38.0 Å². The first-order valence-corrected chi connectivity index (χ1v) is 8.10. The van der Waals surface area contributed by atoms with Gasteiger partial charge in [0.2, 0.25) is 0 Å². The van der Waals surface area contributed by atoms with Crippen LogP contribution < -0.4 is 5.73 Å². The molecular weight excluding hydrogens is 232 g/mol. The summed E-state index contributed by atoms with van der Waals surface area (Å²) in [6.07, 6.45) is 7.44. The zero-order valence-corrected chi connectivity index (χ0v) is 11.8. The Morgan fingerprint density at radius 3 is 2.94 bits per heavy atom. The standard InChI is InChI=1S/C13H26N2OS/c1-17-12-3-2-6-15(7-4-12)10-13(9-14)5-8-16-11-13/h12H,2-11,14H2,1H3. The zero-order valence-electron chi connectivity index (χ0n) is 11.0. The van der Waals surface area contributed by atoms with Gasteiger partial charge in [0.1, 0.15) is 0 Å². The van der Waals surface area contributed by atoms with Crippen LogP contribution in [0.25, 0.3) is 0 Å². The Morgan fingerprint density at radius 1 is 1.41 bits per heavy atom. The molecule has 2 N–H and O–H groups in total. The van der Waals surface area contributed by atoms with Crippen LogP contribution in [-0.4, -0.2) is 55.8 Å². The Balaban J connectivity index is 1.85. The number of thioether (sulfide) groups is 1. The minimum atomic E-state index is 0.249. The SMILES string of the molecule is CSC1CCCN(CC2(CN)CCOC2)CC1. The van der Waals surface area contributed by atoms with Crippen molar-refractivity contribution in [1.82, 2.24) is 4.90 Å². The van der Waals surface area contributed by atoms with Crippen LogP contribution in [0, 0.1) is 5.41 Å². The van der Waals surface area contributed by atoms with E-state index < -0.39 is 0 Å². The molecule has 4 heteroatoms. The van der Waals surface area contributed by atoms with Crippen LogP contribution in [0.2, 0.25) is 0 Å². The van der Waals surface area contributed by atoms with E-state index in [9.17, 15) is 0 Å². The molecule has 0 radical (unpaired) electrons. The Labute approximate surface area is 109 Å². The first-order chi connectivity index (χ1) is 8.28. The first kappa shape index (κ1) is 13.7. The van der Waals surface area contributed by atoms with Crippen LogP contribution in [-0.2, 0) is 4.74 Å². The van der Waals surface area contributed by atoms with Gasteiger partial charge in [-0.1, -0.05) is 0 Å². The second-order valence-electron chi connectivity index (χ2n) is 5.57. The van der Waals surface area contributed by atoms with Crippen molar-refractivity contribution in [3.8, 4) is 0 Å². The quantitative estimate of drug-likeness (QED) is 0.831. The lowest BCUT2D eigenvalue weighted by Gasteiger charge is -2.32. The molecule has 0 amide bonds. The molecular formula is C13H26N2OS. The fraction of sp³-hybridized carbons (Fsp3) is 1.00. The van der Waals surface area contributed by atoms with Crippen molar-refractivity contribution in [2.24, 2.45) is 11.1 Å². The number of nitrogens with zero attached hydrogens (tertiary/aromatic N) is 1. The highest BCUT2D eigenvalue weighted by Crippen LogP contribution is 2.30. The maximum absolute atomic E-state index is 5.97. The Kier molecular flexibility index (Phi) is 5.15. The molecule has 2 aliphatic rings. The number of rotatable bonds is 4. The van der Waals surface area contributed by atoms with Gasteiger partial charge in [0.25, 0.3) is 0 Å². The van der Waals surface area contributed by atoms with Crippen LogP contribution in [0.3, 0.4) is 0 Å². The van der Waals surface area contributed by atoms with Gasteiger partial charge in [0.15, 0.2) is 0 Å². The molecule has 2 heterocycles. The van der Waals surface area contributed by atoms with Crippen molar-refractivity contribution in [2.75, 3.05) is 45.6 Å². The summed E-state index contributed by atoms with van der Waals surface area (Å²) >= 11 is 2.03. The number of hydrogen-bond donors (Lipinski definition) is 1. The molecule has 0 bridgehead atoms. The van der Waals surface area contributed by atoms with Crippen molar-refractivity contribution >= 4 is 11.8 Å². The molecule has 17 heavy (non-hydrogen) atoms. The summed E-state index contributed by atoms with van der Waals surface area (Å²) in [6, 6.07) is 0. The van der Waals surface area contributed by atoms with E-state index in [1.807, 2.05) is 11.8 Å². The Bertz CT molecular complexity index is 231. The van der Waals surface area contributed by atoms with Crippen LogP contribution in [0.15, 0.2) is 0 Å². The third-order valence-corrected chi connectivity index (χ3v) is 5.42. The fourth-order valence-electron chi connectivity index (χ4n) is 2.99. The third-order valence-electron chi connectivity index (χ3n) is 4.28. The molecule has 0 aromatic heterocycles. The molecule has 100 valence electrons. The van der Waals surface area contributed by atoms with Gasteiger partial charge >= 0.3 is 0 Å². The number of likely N-dealkylation sites (tertiary alicyclic amines) is 1. The number of nitrogens with two attached hydrogens (primary N) is 1. The lowest BCUT2D eigenvalue weighted by atomic mass is 9.87. The number of ether oxygens (including phenoxy) is 1. The Hall–Kier alpha value is 0.230. The van der Waals surface area contributed by atoms with Crippen molar-refractivity contribution < 1.29 is 4.74 Å². The van der Waals surface area contributed by atoms with Gasteiger partial charge in [0.05, 0.1) is 6.61 Å². The van der Waals surface area contributed by atoms with Gasteiger partial charge < -0.3 is 15.4 Å². The van der Waals surface area contributed by atoms with E-state index >= 15 is 0 Å². The molecule has 2 saturated heterocycles. The van der Waals surface area contributed by atoms with E-state index in [2.05, 4.69) is 11.2 Å². The van der Waals surface area contributed by atoms with E-state index in [1.165, 1.54) is 32.4 Å². The molecule has 0 aliphatic carbocycles. The normalized spacial score (nSPS) is 36.0. The highest BCUT2D eigenvalue weighted by molar-refractivity contribution is 7.99. The van der Waals surface area contributed by atoms with Gasteiger partial charge in [-0.2, -0.15) is 11.8 Å². The van der Waals surface area contributed by atoms with Crippen molar-refractivity contribution in [2.45, 2.75) is 30.9 Å². The summed E-state index contributed by atoms with van der Waals surface area (Å²) in [7, 11) is 0. The topological polar surface area (TPSA) is 38.5 Å². The monoisotopic (exact) mass is 258 g/mol. The predicted molar refractivity (Wildman–Crippen MR) is 74.5 cm³/mol. The van der Waals surface area contributed by atoms with Crippen molar-refractivity contribution in [3.63, 3.8) is 0 Å². The second kappa shape index (κ2) is 6.41. The van der Waals surface area contributed by atoms with E-state index in [1.54, 1.807) is 0 Å². The van der Waals surface area contributed by atoms with E-state index in [-0.39, 0.29) is 5.41 Å². The maximum atomic E-state index is 5.97. The summed E-state index contributed by atoms with van der Waals surface area (Å²) in [6.45, 7) is 6.18. The van der Waals surface area contributed by atoms with Crippen LogP contribution >= 0.6 is 11.8 Å². The molecule has 2 aliphatic heterocycles. The third kappa shape index (κ3) is 3.60. The minimum Gasteiger partial charge on any atom is -0.381 e. The minimum absolute atomic E-state index is 0.249. The smallest absolute Gasteiger partial charge is 0.0547 e. The summed E-state index contributed by atoms with van der Waals surface area (Å²) in [5, 5.41) is 0.869. The van der Waals surface area contributed by atoms with Crippen LogP contribution in [0.5, 0.6) is 0 Å². The summed E-state index contributed by atoms with van der Waals surface area (Å²) in [5.41, 5.74) is 6.22. The maximum Gasteiger partial charge on any atom is 0.0547 e. The summed E-state index contributed by atoms with van der Waals surface area (Å²) in [4.78, 5) is 2.62. The summed E-state index contributed by atoms with van der Waals surface area (Å²) in [5.74, 6) is 0. The molecule has 3 nitrogen and oxygen atoms in total. The average molecular weight is 258 g/mol. The highest BCUT2D eigenvalue weighted by Gasteiger charge is 2.35. The molecule has 0 aromatic rings. The van der Waals surface area contributed by atoms with Crippen LogP contribution in [0.1, 0.15) is 25.7 Å². The molecule has 2 unspecified atom stereocenters. The zero-order chi connectivity index (χ0) is 12.1. The highest BCUT2D eigenvalue weighted by atomic mass is 32.2. The average Bonchev–Trinajstić information content (AvgIpc) is 2.70. The van der Waals surface area contributed by atoms with E-state index in [4.69, 9.17) is 10.5 Å². The number of hydrogen-bond acceptors (Lipinski definition) is 4. The largest absolute Gasteiger partial charge is 0.381 e. The van der Waals surface area contributed by atoms with Crippen molar-refractivity contribution in [3.05, 3.63) is 0 Å². The Morgan fingerprint density at radius 2 is 2.29 bits per heavy atom. The van der Waals surface area contributed by atoms with Gasteiger partial charge in [-0.3, -0.25) is 0 Å². The second-order valence-corrected chi connectivity index (χ2v) is 6.71. The van der Waals surface area contributed by atoms with Gasteiger partial charge in [0, 0.05) is 30.4 Å². The predicted octanol–water partition coefficient (Wildman–Crippen LogP) is 1.57. The molecule has 2 rings (SSSR count). The summed E-state index contributed by atoms with van der Waals surface area (Å²) < 4.78 is 5.56. The van der Waals surface area contributed by atoms with Gasteiger partial charge in [-0.15, -0.1) is 0 Å². The first-order valence-electron chi connectivity index (χ1n) is 6.81.